The molecule has 5 unspecified atom stereocenters. The average molecular weight is 533 g/mol. The number of nitrogens with one attached hydrogen (secondary N) is 3. The molecule has 5 atom stereocenters. The summed E-state index contributed by atoms with van der Waals surface area (Å²) >= 11 is 0. The van der Waals surface area contributed by atoms with Crippen molar-refractivity contribution in [1.82, 2.24) is 16.0 Å². The molecule has 0 spiro atoms. The predicted octanol–water partition coefficient (Wildman–Crippen LogP) is -1.88. The Labute approximate surface area is 218 Å². The van der Waals surface area contributed by atoms with Gasteiger partial charge in [-0.2, -0.15) is 0 Å². The lowest BCUT2D eigenvalue weighted by atomic mass is 10.0. The number of carboxylic acid groups (broad SMARTS) is 1. The maximum Gasteiger partial charge on any atom is 0.326 e. The number of phenols is 2. The topological polar surface area (TPSA) is 232 Å². The first kappa shape index (κ1) is 30.0. The number of benzene rings is 2. The van der Waals surface area contributed by atoms with Gasteiger partial charge in [-0.1, -0.05) is 24.3 Å². The molecule has 2 aromatic rings. The van der Waals surface area contributed by atoms with E-state index in [4.69, 9.17) is 5.73 Å². The summed E-state index contributed by atoms with van der Waals surface area (Å²) < 4.78 is 0. The Kier molecular flexibility index (Phi) is 11.0. The number of nitrogens with two attached hydrogens (primary N) is 1. The van der Waals surface area contributed by atoms with E-state index in [2.05, 4.69) is 16.0 Å². The first-order valence-corrected chi connectivity index (χ1v) is 11.7. The smallest absolute Gasteiger partial charge is 0.326 e. The minimum Gasteiger partial charge on any atom is -0.508 e. The summed E-state index contributed by atoms with van der Waals surface area (Å²) in [7, 11) is 0. The molecule has 0 bridgehead atoms. The average Bonchev–Trinajstić information content (AvgIpc) is 2.87. The van der Waals surface area contributed by atoms with Crippen molar-refractivity contribution < 1.29 is 44.7 Å². The van der Waals surface area contributed by atoms with Crippen LogP contribution in [-0.2, 0) is 32.0 Å². The number of carbonyl (C=O) groups is 4. The van der Waals surface area contributed by atoms with Gasteiger partial charge >= 0.3 is 5.97 Å². The quantitative estimate of drug-likeness (QED) is 0.139. The van der Waals surface area contributed by atoms with Gasteiger partial charge in [0.05, 0.1) is 12.7 Å². The molecule has 10 N–H and O–H groups in total. The predicted molar refractivity (Wildman–Crippen MR) is 134 cm³/mol. The third kappa shape index (κ3) is 9.03. The number of carbonyl (C=O) groups excluding carboxylic acids is 3. The van der Waals surface area contributed by atoms with Crippen molar-refractivity contribution >= 4 is 23.7 Å². The van der Waals surface area contributed by atoms with Gasteiger partial charge in [-0.05, 0) is 42.3 Å². The SMILES string of the molecule is CC(O)C(N)C(=O)NC(Cc1ccc(O)cc1)C(=O)NC(CO)C(=O)NC(Cc1ccc(O)cc1)C(=O)O. The number of aliphatic hydroxyl groups is 2. The number of hydrogen-bond acceptors (Lipinski definition) is 9. The largest absolute Gasteiger partial charge is 0.508 e. The van der Waals surface area contributed by atoms with Crippen LogP contribution in [0.1, 0.15) is 18.1 Å². The zero-order valence-electron chi connectivity index (χ0n) is 20.6. The number of aliphatic carboxylic acids is 1. The molecule has 38 heavy (non-hydrogen) atoms. The minimum absolute atomic E-state index is 0.0175. The lowest BCUT2D eigenvalue weighted by molar-refractivity contribution is -0.142. The number of rotatable bonds is 13. The minimum atomic E-state index is -1.56. The molecule has 0 radical (unpaired) electrons. The molecule has 0 fully saturated rings. The van der Waals surface area contributed by atoms with Gasteiger partial charge in [0.1, 0.15) is 35.7 Å². The van der Waals surface area contributed by atoms with Crippen LogP contribution in [0.4, 0.5) is 0 Å². The van der Waals surface area contributed by atoms with E-state index in [-0.39, 0.29) is 24.3 Å². The highest BCUT2D eigenvalue weighted by Gasteiger charge is 2.31. The molecule has 0 saturated heterocycles. The molecule has 0 aliphatic carbocycles. The summed E-state index contributed by atoms with van der Waals surface area (Å²) in [5, 5.41) is 54.7. The van der Waals surface area contributed by atoms with Gasteiger partial charge in [-0.15, -0.1) is 0 Å². The van der Waals surface area contributed by atoms with Gasteiger partial charge in [0, 0.05) is 12.8 Å². The van der Waals surface area contributed by atoms with Gasteiger partial charge in [0.25, 0.3) is 0 Å². The van der Waals surface area contributed by atoms with E-state index in [1.807, 2.05) is 0 Å². The normalized spacial score (nSPS) is 14.8. The second kappa shape index (κ2) is 13.9. The van der Waals surface area contributed by atoms with E-state index in [0.29, 0.717) is 11.1 Å². The number of carboxylic acids is 1. The summed E-state index contributed by atoms with van der Waals surface area (Å²) in [4.78, 5) is 49.9. The van der Waals surface area contributed by atoms with E-state index in [0.717, 1.165) is 0 Å². The molecule has 0 aliphatic heterocycles. The third-order valence-electron chi connectivity index (χ3n) is 5.64. The first-order chi connectivity index (χ1) is 17.9. The Morgan fingerprint density at radius 1 is 0.737 bits per heavy atom. The molecule has 0 saturated carbocycles. The van der Waals surface area contributed by atoms with Crippen molar-refractivity contribution in [2.45, 2.75) is 50.0 Å². The molecular formula is C25H32N4O9. The van der Waals surface area contributed by atoms with Gasteiger partial charge in [-0.25, -0.2) is 4.79 Å². The van der Waals surface area contributed by atoms with Crippen LogP contribution in [0.15, 0.2) is 48.5 Å². The fraction of sp³-hybridized carbons (Fsp3) is 0.360. The van der Waals surface area contributed by atoms with E-state index in [1.54, 1.807) is 0 Å². The fourth-order valence-electron chi connectivity index (χ4n) is 3.37. The van der Waals surface area contributed by atoms with E-state index in [9.17, 15) is 44.7 Å². The summed E-state index contributed by atoms with van der Waals surface area (Å²) in [6.45, 7) is 0.415. The Morgan fingerprint density at radius 2 is 1.13 bits per heavy atom. The molecule has 0 heterocycles. The lowest BCUT2D eigenvalue weighted by Crippen LogP contribution is -2.59. The molecule has 3 amide bonds. The molecule has 13 nitrogen and oxygen atoms in total. The van der Waals surface area contributed by atoms with Gasteiger partial charge < -0.3 is 47.2 Å². The van der Waals surface area contributed by atoms with Crippen molar-refractivity contribution in [3.05, 3.63) is 59.7 Å². The molecular weight excluding hydrogens is 500 g/mol. The summed E-state index contributed by atoms with van der Waals surface area (Å²) in [5.74, 6) is -4.11. The van der Waals surface area contributed by atoms with Crippen molar-refractivity contribution in [3.8, 4) is 11.5 Å². The lowest BCUT2D eigenvalue weighted by Gasteiger charge is -2.25. The maximum absolute atomic E-state index is 13.0. The fourth-order valence-corrected chi connectivity index (χ4v) is 3.37. The van der Waals surface area contributed by atoms with E-state index < -0.39 is 60.6 Å². The van der Waals surface area contributed by atoms with Crippen LogP contribution in [0.2, 0.25) is 0 Å². The van der Waals surface area contributed by atoms with Crippen molar-refractivity contribution in [2.24, 2.45) is 5.73 Å². The molecule has 2 aromatic carbocycles. The Morgan fingerprint density at radius 3 is 1.55 bits per heavy atom. The van der Waals surface area contributed by atoms with Crippen molar-refractivity contribution in [2.75, 3.05) is 6.61 Å². The number of phenolic OH excluding ortho intramolecular Hbond substituents is 2. The summed E-state index contributed by atoms with van der Waals surface area (Å²) in [6.07, 6.45) is -1.45. The molecule has 0 aromatic heterocycles. The van der Waals surface area contributed by atoms with Gasteiger partial charge in [-0.3, -0.25) is 14.4 Å². The molecule has 0 aliphatic rings. The van der Waals surface area contributed by atoms with Crippen LogP contribution >= 0.6 is 0 Å². The Bertz CT molecular complexity index is 1110. The molecule has 2 rings (SSSR count). The van der Waals surface area contributed by atoms with E-state index >= 15 is 0 Å². The Balaban J connectivity index is 2.15. The highest BCUT2D eigenvalue weighted by molar-refractivity contribution is 5.94. The van der Waals surface area contributed by atoms with Crippen molar-refractivity contribution in [1.29, 1.82) is 0 Å². The second-order valence-corrected chi connectivity index (χ2v) is 8.71. The molecule has 206 valence electrons. The van der Waals surface area contributed by atoms with Gasteiger partial charge in [0.15, 0.2) is 0 Å². The molecule has 13 heteroatoms. The monoisotopic (exact) mass is 532 g/mol. The zero-order valence-corrected chi connectivity index (χ0v) is 20.6. The number of aromatic hydroxyl groups is 2. The summed E-state index contributed by atoms with van der Waals surface area (Å²) in [5.41, 5.74) is 6.68. The zero-order chi connectivity index (χ0) is 28.4. The van der Waals surface area contributed by atoms with Crippen LogP contribution in [-0.4, -0.2) is 86.1 Å². The number of amides is 3. The number of aliphatic hydroxyl groups excluding tert-OH is 2. The van der Waals surface area contributed by atoms with Crippen LogP contribution < -0.4 is 21.7 Å². The standard InChI is InChI=1S/C25H32N4O9/c1-13(31)21(26)24(36)27-18(10-14-2-6-16(32)7-3-14)22(34)29-20(12-30)23(35)28-19(25(37)38)11-15-4-8-17(33)9-5-15/h2-9,13,18-21,30-33H,10-12,26H2,1H3,(H,27,36)(H,28,35)(H,29,34)(H,37,38). The highest BCUT2D eigenvalue weighted by atomic mass is 16.4. The first-order valence-electron chi connectivity index (χ1n) is 11.7. The van der Waals surface area contributed by atoms with Gasteiger partial charge in [0.2, 0.25) is 17.7 Å². The third-order valence-corrected chi connectivity index (χ3v) is 5.64. The maximum atomic E-state index is 13.0. The summed E-state index contributed by atoms with van der Waals surface area (Å²) in [6, 6.07) is 5.83. The highest BCUT2D eigenvalue weighted by Crippen LogP contribution is 2.13. The van der Waals surface area contributed by atoms with E-state index in [1.165, 1.54) is 55.5 Å². The number of hydrogen-bond donors (Lipinski definition) is 9. The van der Waals surface area contributed by atoms with Crippen LogP contribution in [0, 0.1) is 0 Å². The van der Waals surface area contributed by atoms with Crippen LogP contribution in [0.3, 0.4) is 0 Å². The van der Waals surface area contributed by atoms with Crippen LogP contribution in [0.25, 0.3) is 0 Å². The van der Waals surface area contributed by atoms with Crippen molar-refractivity contribution in [3.63, 3.8) is 0 Å². The second-order valence-electron chi connectivity index (χ2n) is 8.71. The van der Waals surface area contributed by atoms with Crippen LogP contribution in [0.5, 0.6) is 11.5 Å². The Hall–Kier alpha value is -4.20.